The molecule has 1 unspecified atom stereocenters. The van der Waals surface area contributed by atoms with Crippen LogP contribution in [0.4, 0.5) is 0 Å². The maximum Gasteiger partial charge on any atom is 0.339 e. The first-order chi connectivity index (χ1) is 9.19. The van der Waals surface area contributed by atoms with Crippen LogP contribution in [0.15, 0.2) is 27.4 Å². The van der Waals surface area contributed by atoms with Crippen molar-refractivity contribution in [2.24, 2.45) is 5.92 Å². The molecule has 19 heavy (non-hydrogen) atoms. The van der Waals surface area contributed by atoms with Crippen molar-refractivity contribution in [3.8, 4) is 5.75 Å². The molecule has 0 saturated carbocycles. The van der Waals surface area contributed by atoms with Crippen molar-refractivity contribution in [3.05, 3.63) is 39.7 Å². The lowest BCUT2D eigenvalue weighted by Gasteiger charge is -2.24. The van der Waals surface area contributed by atoms with Crippen molar-refractivity contribution in [2.75, 3.05) is 0 Å². The number of hydrogen-bond acceptors (Lipinski definition) is 3. The largest absolute Gasteiger partial charge is 0.508 e. The fourth-order valence-electron chi connectivity index (χ4n) is 3.18. The first-order valence-electron chi connectivity index (χ1n) is 6.96. The van der Waals surface area contributed by atoms with E-state index < -0.39 is 0 Å². The van der Waals surface area contributed by atoms with Crippen LogP contribution in [0.2, 0.25) is 0 Å². The number of aromatic hydroxyl groups is 1. The minimum Gasteiger partial charge on any atom is -0.508 e. The summed E-state index contributed by atoms with van der Waals surface area (Å²) in [6.07, 6.45) is 5.24. The molecule has 0 amide bonds. The number of phenols is 1. The van der Waals surface area contributed by atoms with E-state index in [0.29, 0.717) is 11.5 Å². The van der Waals surface area contributed by atoms with Gasteiger partial charge in [-0.15, -0.1) is 0 Å². The fraction of sp³-hybridized carbons (Fsp3) is 0.438. The SMILES string of the molecule is CCCC1CCc2c(c(=O)oc3cc(O)ccc23)C1. The molecule has 0 aliphatic heterocycles. The second kappa shape index (κ2) is 4.72. The molecule has 1 aromatic heterocycles. The van der Waals surface area contributed by atoms with Crippen molar-refractivity contribution in [1.29, 1.82) is 0 Å². The molecule has 0 radical (unpaired) electrons. The van der Waals surface area contributed by atoms with Crippen LogP contribution in [0.3, 0.4) is 0 Å². The summed E-state index contributed by atoms with van der Waals surface area (Å²) in [6, 6.07) is 5.03. The smallest absolute Gasteiger partial charge is 0.339 e. The van der Waals surface area contributed by atoms with Gasteiger partial charge in [0.05, 0.1) is 0 Å². The summed E-state index contributed by atoms with van der Waals surface area (Å²) >= 11 is 0. The highest BCUT2D eigenvalue weighted by Gasteiger charge is 2.23. The van der Waals surface area contributed by atoms with Gasteiger partial charge in [-0.3, -0.25) is 0 Å². The molecular weight excluding hydrogens is 240 g/mol. The molecule has 0 saturated heterocycles. The first-order valence-corrected chi connectivity index (χ1v) is 6.96. The van der Waals surface area contributed by atoms with Gasteiger partial charge in [-0.25, -0.2) is 4.79 Å². The average molecular weight is 258 g/mol. The predicted molar refractivity (Wildman–Crippen MR) is 74.6 cm³/mol. The Balaban J connectivity index is 2.14. The van der Waals surface area contributed by atoms with E-state index in [4.69, 9.17) is 4.42 Å². The molecule has 100 valence electrons. The molecule has 1 aliphatic rings. The summed E-state index contributed by atoms with van der Waals surface area (Å²) in [6.45, 7) is 2.18. The lowest BCUT2D eigenvalue weighted by Crippen LogP contribution is -2.22. The van der Waals surface area contributed by atoms with Crippen LogP contribution in [0.5, 0.6) is 5.75 Å². The molecule has 0 bridgehead atoms. The lowest BCUT2D eigenvalue weighted by atomic mass is 9.81. The second-order valence-corrected chi connectivity index (χ2v) is 5.42. The molecule has 3 rings (SSSR count). The van der Waals surface area contributed by atoms with E-state index >= 15 is 0 Å². The monoisotopic (exact) mass is 258 g/mol. The number of aryl methyl sites for hydroxylation is 1. The van der Waals surface area contributed by atoms with Gasteiger partial charge < -0.3 is 9.52 Å². The summed E-state index contributed by atoms with van der Waals surface area (Å²) in [4.78, 5) is 12.1. The van der Waals surface area contributed by atoms with Crippen molar-refractivity contribution in [3.63, 3.8) is 0 Å². The molecule has 0 fully saturated rings. The Morgan fingerprint density at radius 1 is 1.37 bits per heavy atom. The molecule has 1 heterocycles. The molecule has 1 atom stereocenters. The van der Waals surface area contributed by atoms with Crippen LogP contribution in [0, 0.1) is 5.92 Å². The maximum absolute atomic E-state index is 12.1. The van der Waals surface area contributed by atoms with Gasteiger partial charge >= 0.3 is 5.63 Å². The zero-order valence-corrected chi connectivity index (χ0v) is 11.1. The van der Waals surface area contributed by atoms with Crippen molar-refractivity contribution < 1.29 is 9.52 Å². The Kier molecular flexibility index (Phi) is 3.05. The Hall–Kier alpha value is -1.77. The minimum atomic E-state index is -0.228. The molecule has 1 aromatic carbocycles. The summed E-state index contributed by atoms with van der Waals surface area (Å²) in [5.74, 6) is 0.741. The van der Waals surface area contributed by atoms with Crippen molar-refractivity contribution >= 4 is 11.0 Å². The number of rotatable bonds is 2. The van der Waals surface area contributed by atoms with E-state index in [1.807, 2.05) is 6.07 Å². The lowest BCUT2D eigenvalue weighted by molar-refractivity contribution is 0.410. The standard InChI is InChI=1S/C16H18O3/c1-2-3-10-4-6-12-13-7-5-11(17)9-15(13)19-16(18)14(12)8-10/h5,7,9-10,17H,2-4,6,8H2,1H3. The summed E-state index contributed by atoms with van der Waals surface area (Å²) in [7, 11) is 0. The highest BCUT2D eigenvalue weighted by molar-refractivity contribution is 5.82. The fourth-order valence-corrected chi connectivity index (χ4v) is 3.18. The molecule has 2 aromatic rings. The molecule has 3 heteroatoms. The number of phenolic OH excluding ortho intramolecular Hbond substituents is 1. The molecule has 3 nitrogen and oxygen atoms in total. The first kappa shape index (κ1) is 12.3. The second-order valence-electron chi connectivity index (χ2n) is 5.42. The van der Waals surface area contributed by atoms with Crippen LogP contribution < -0.4 is 5.63 Å². The van der Waals surface area contributed by atoms with Crippen molar-refractivity contribution in [2.45, 2.75) is 39.0 Å². The van der Waals surface area contributed by atoms with Crippen LogP contribution in [0.1, 0.15) is 37.3 Å². The van der Waals surface area contributed by atoms with E-state index in [-0.39, 0.29) is 11.4 Å². The topological polar surface area (TPSA) is 50.4 Å². The van der Waals surface area contributed by atoms with Crippen LogP contribution >= 0.6 is 0 Å². The Morgan fingerprint density at radius 3 is 3.00 bits per heavy atom. The van der Waals surface area contributed by atoms with Gasteiger partial charge in [-0.1, -0.05) is 19.8 Å². The van der Waals surface area contributed by atoms with Gasteiger partial charge in [0.1, 0.15) is 11.3 Å². The third kappa shape index (κ3) is 2.14. The molecule has 1 N–H and O–H groups in total. The van der Waals surface area contributed by atoms with Gasteiger partial charge in [0.25, 0.3) is 0 Å². The summed E-state index contributed by atoms with van der Waals surface area (Å²) < 4.78 is 5.35. The van der Waals surface area contributed by atoms with Crippen LogP contribution in [0.25, 0.3) is 11.0 Å². The highest BCUT2D eigenvalue weighted by Crippen LogP contribution is 2.32. The Bertz CT molecular complexity index is 669. The van der Waals surface area contributed by atoms with Crippen molar-refractivity contribution in [1.82, 2.24) is 0 Å². The van der Waals surface area contributed by atoms with Gasteiger partial charge in [-0.2, -0.15) is 0 Å². The zero-order valence-electron chi connectivity index (χ0n) is 11.1. The van der Waals surface area contributed by atoms with Gasteiger partial charge in [-0.05, 0) is 42.9 Å². The number of benzene rings is 1. The highest BCUT2D eigenvalue weighted by atomic mass is 16.4. The quantitative estimate of drug-likeness (QED) is 0.840. The van der Waals surface area contributed by atoms with E-state index in [0.717, 1.165) is 42.2 Å². The molecule has 0 spiro atoms. The Morgan fingerprint density at radius 2 is 2.21 bits per heavy atom. The van der Waals surface area contributed by atoms with Gasteiger partial charge in [0.15, 0.2) is 0 Å². The predicted octanol–water partition coefficient (Wildman–Crippen LogP) is 3.40. The normalized spacial score (nSPS) is 18.5. The van der Waals surface area contributed by atoms with E-state index in [2.05, 4.69) is 6.92 Å². The van der Waals surface area contributed by atoms with Crippen LogP contribution in [-0.4, -0.2) is 5.11 Å². The summed E-state index contributed by atoms with van der Waals surface area (Å²) in [5.41, 5.74) is 2.24. The van der Waals surface area contributed by atoms with Crippen LogP contribution in [-0.2, 0) is 12.8 Å². The Labute approximate surface area is 111 Å². The minimum absolute atomic E-state index is 0.135. The third-order valence-corrected chi connectivity index (χ3v) is 4.10. The van der Waals surface area contributed by atoms with E-state index in [1.165, 1.54) is 12.5 Å². The number of hydrogen-bond donors (Lipinski definition) is 1. The molecule has 1 aliphatic carbocycles. The maximum atomic E-state index is 12.1. The molecular formula is C16H18O3. The van der Waals surface area contributed by atoms with Gasteiger partial charge in [0.2, 0.25) is 0 Å². The average Bonchev–Trinajstić information content (AvgIpc) is 2.39. The number of fused-ring (bicyclic) bond motifs is 3. The van der Waals surface area contributed by atoms with Gasteiger partial charge in [0, 0.05) is 17.0 Å². The summed E-state index contributed by atoms with van der Waals surface area (Å²) in [5, 5.41) is 10.4. The van der Waals surface area contributed by atoms with E-state index in [9.17, 15) is 9.90 Å². The third-order valence-electron chi connectivity index (χ3n) is 4.10. The van der Waals surface area contributed by atoms with E-state index in [1.54, 1.807) is 6.07 Å². The zero-order chi connectivity index (χ0) is 13.4.